The summed E-state index contributed by atoms with van der Waals surface area (Å²) in [5.41, 5.74) is 12.3. The summed E-state index contributed by atoms with van der Waals surface area (Å²) in [6, 6.07) is 11.2. The Balaban J connectivity index is 2.61. The lowest BCUT2D eigenvalue weighted by atomic mass is 9.78. The monoisotopic (exact) mass is 272 g/mol. The molecule has 6 heteroatoms. The number of allylic oxidation sites excluding steroid dienone is 1. The fourth-order valence-corrected chi connectivity index (χ4v) is 2.57. The molecule has 1 amide bonds. The van der Waals surface area contributed by atoms with E-state index >= 15 is 0 Å². The van der Waals surface area contributed by atoms with Gasteiger partial charge in [0.15, 0.2) is 0 Å². The van der Waals surface area contributed by atoms with Crippen molar-refractivity contribution < 1.29 is 4.79 Å². The number of benzene rings is 1. The van der Waals surface area contributed by atoms with Gasteiger partial charge >= 0.3 is 0 Å². The smallest absolute Gasteiger partial charge is 0.228 e. The first-order valence-corrected chi connectivity index (χ1v) is 6.02. The molecule has 0 bridgehead atoms. The number of nitrogens with zero attached hydrogens (tertiary/aromatic N) is 1. The molecule has 0 saturated carbocycles. The molecule has 1 aliphatic heterocycles. The highest BCUT2D eigenvalue weighted by Crippen LogP contribution is 2.35. The van der Waals surface area contributed by atoms with Crippen molar-refractivity contribution in [2.75, 3.05) is 0 Å². The second kappa shape index (κ2) is 5.08. The Morgan fingerprint density at radius 1 is 1.37 bits per heavy atom. The van der Waals surface area contributed by atoms with Crippen molar-refractivity contribution in [2.24, 2.45) is 17.4 Å². The number of hydrogen-bond donors (Lipinski definition) is 3. The fraction of sp³-hybridized carbons (Fsp3) is 0.154. The first-order valence-electron chi connectivity index (χ1n) is 5.61. The standard InChI is InChI=1S/C13H12N4OS/c14-6-8-9(7-4-2-1-3-5-7)10(12(16)18)13(19)17-11(8)15/h1-5,9-10H,15H2,(H2,16,18)(H,17,19)/t9-,10-/m1/s1. The average molecular weight is 272 g/mol. The predicted octanol–water partition coefficient (Wildman–Crippen LogP) is 0.496. The minimum absolute atomic E-state index is 0.179. The summed E-state index contributed by atoms with van der Waals surface area (Å²) in [6.07, 6.45) is 0. The average Bonchev–Trinajstić information content (AvgIpc) is 2.38. The quantitative estimate of drug-likeness (QED) is 0.680. The zero-order chi connectivity index (χ0) is 14.0. The van der Waals surface area contributed by atoms with Crippen molar-refractivity contribution in [3.8, 4) is 6.07 Å². The highest BCUT2D eigenvalue weighted by atomic mass is 32.1. The first-order chi connectivity index (χ1) is 9.06. The summed E-state index contributed by atoms with van der Waals surface area (Å²) < 4.78 is 0. The van der Waals surface area contributed by atoms with Crippen LogP contribution in [-0.2, 0) is 4.79 Å². The van der Waals surface area contributed by atoms with E-state index in [0.717, 1.165) is 5.56 Å². The molecule has 5 N–H and O–H groups in total. The Morgan fingerprint density at radius 3 is 2.53 bits per heavy atom. The van der Waals surface area contributed by atoms with Crippen molar-refractivity contribution in [1.82, 2.24) is 5.32 Å². The molecule has 0 spiro atoms. The third-order valence-electron chi connectivity index (χ3n) is 3.06. The lowest BCUT2D eigenvalue weighted by Crippen LogP contribution is -2.47. The van der Waals surface area contributed by atoms with E-state index in [4.69, 9.17) is 23.7 Å². The summed E-state index contributed by atoms with van der Waals surface area (Å²) in [6.45, 7) is 0. The molecule has 0 saturated heterocycles. The van der Waals surface area contributed by atoms with Crippen molar-refractivity contribution in [3.63, 3.8) is 0 Å². The molecule has 19 heavy (non-hydrogen) atoms. The molecule has 96 valence electrons. The maximum atomic E-state index is 11.6. The first kappa shape index (κ1) is 13.1. The van der Waals surface area contributed by atoms with Crippen molar-refractivity contribution >= 4 is 23.1 Å². The van der Waals surface area contributed by atoms with Gasteiger partial charge in [0.05, 0.1) is 16.6 Å². The van der Waals surface area contributed by atoms with Gasteiger partial charge in [0, 0.05) is 5.92 Å². The number of carbonyl (C=O) groups excluding carboxylic acids is 1. The van der Waals surface area contributed by atoms with E-state index in [1.54, 1.807) is 0 Å². The van der Waals surface area contributed by atoms with Crippen LogP contribution in [0.2, 0.25) is 0 Å². The van der Waals surface area contributed by atoms with E-state index in [9.17, 15) is 10.1 Å². The molecule has 0 unspecified atom stereocenters. The van der Waals surface area contributed by atoms with Crippen LogP contribution < -0.4 is 16.8 Å². The van der Waals surface area contributed by atoms with E-state index < -0.39 is 17.7 Å². The van der Waals surface area contributed by atoms with Crippen LogP contribution in [0.3, 0.4) is 0 Å². The molecular weight excluding hydrogens is 260 g/mol. The van der Waals surface area contributed by atoms with Crippen LogP contribution in [0.5, 0.6) is 0 Å². The molecule has 0 aliphatic carbocycles. The largest absolute Gasteiger partial charge is 0.384 e. The number of rotatable bonds is 2. The molecule has 0 aromatic heterocycles. The summed E-state index contributed by atoms with van der Waals surface area (Å²) in [5.74, 6) is -1.69. The van der Waals surface area contributed by atoms with Gasteiger partial charge in [-0.2, -0.15) is 5.26 Å². The van der Waals surface area contributed by atoms with Gasteiger partial charge in [-0.25, -0.2) is 0 Å². The highest BCUT2D eigenvalue weighted by Gasteiger charge is 2.39. The second-order valence-corrected chi connectivity index (χ2v) is 4.64. The molecule has 2 rings (SSSR count). The minimum Gasteiger partial charge on any atom is -0.384 e. The van der Waals surface area contributed by atoms with Crippen LogP contribution in [0.25, 0.3) is 0 Å². The maximum absolute atomic E-state index is 11.6. The molecule has 5 nitrogen and oxygen atoms in total. The van der Waals surface area contributed by atoms with E-state index in [2.05, 4.69) is 5.32 Å². The number of carbonyl (C=O) groups is 1. The van der Waals surface area contributed by atoms with Crippen molar-refractivity contribution in [3.05, 3.63) is 47.3 Å². The van der Waals surface area contributed by atoms with Gasteiger partial charge in [-0.05, 0) is 5.56 Å². The van der Waals surface area contributed by atoms with Gasteiger partial charge < -0.3 is 16.8 Å². The Kier molecular flexibility index (Phi) is 3.49. The van der Waals surface area contributed by atoms with Crippen molar-refractivity contribution in [2.45, 2.75) is 5.92 Å². The maximum Gasteiger partial charge on any atom is 0.228 e. The summed E-state index contributed by atoms with van der Waals surface area (Å²) in [5, 5.41) is 11.9. The molecule has 0 radical (unpaired) electrons. The number of primary amides is 1. The van der Waals surface area contributed by atoms with Crippen molar-refractivity contribution in [1.29, 1.82) is 5.26 Å². The van der Waals surface area contributed by atoms with Crippen LogP contribution >= 0.6 is 12.2 Å². The van der Waals surface area contributed by atoms with Crippen LogP contribution in [0.4, 0.5) is 0 Å². The van der Waals surface area contributed by atoms with E-state index in [1.165, 1.54) is 0 Å². The third-order valence-corrected chi connectivity index (χ3v) is 3.42. The lowest BCUT2D eigenvalue weighted by Gasteiger charge is -2.31. The Bertz CT molecular complexity index is 603. The van der Waals surface area contributed by atoms with Gasteiger partial charge in [0.1, 0.15) is 11.7 Å². The van der Waals surface area contributed by atoms with Gasteiger partial charge in [0.2, 0.25) is 5.91 Å². The molecule has 1 heterocycles. The SMILES string of the molecule is N#CC1=C(N)NC(=S)[C@@H](C(N)=O)[C@@H]1c1ccccc1. The number of nitrogens with one attached hydrogen (secondary N) is 1. The zero-order valence-corrected chi connectivity index (χ0v) is 10.8. The number of amides is 1. The van der Waals surface area contributed by atoms with Crippen LogP contribution in [0.1, 0.15) is 11.5 Å². The molecule has 1 aromatic rings. The van der Waals surface area contributed by atoms with E-state index in [1.807, 2.05) is 36.4 Å². The van der Waals surface area contributed by atoms with Gasteiger partial charge in [-0.3, -0.25) is 4.79 Å². The third kappa shape index (κ3) is 2.28. The highest BCUT2D eigenvalue weighted by molar-refractivity contribution is 7.80. The number of nitriles is 1. The molecule has 1 aromatic carbocycles. The van der Waals surface area contributed by atoms with Crippen LogP contribution in [0, 0.1) is 17.2 Å². The van der Waals surface area contributed by atoms with Crippen LogP contribution in [0.15, 0.2) is 41.7 Å². The molecule has 0 fully saturated rings. The lowest BCUT2D eigenvalue weighted by molar-refractivity contribution is -0.120. The van der Waals surface area contributed by atoms with E-state index in [-0.39, 0.29) is 16.4 Å². The summed E-state index contributed by atoms with van der Waals surface area (Å²) >= 11 is 5.12. The van der Waals surface area contributed by atoms with Gasteiger partial charge in [0.25, 0.3) is 0 Å². The van der Waals surface area contributed by atoms with Crippen LogP contribution in [-0.4, -0.2) is 10.9 Å². The topological polar surface area (TPSA) is 105 Å². The second-order valence-electron chi connectivity index (χ2n) is 4.20. The summed E-state index contributed by atoms with van der Waals surface area (Å²) in [7, 11) is 0. The van der Waals surface area contributed by atoms with Gasteiger partial charge in [-0.15, -0.1) is 0 Å². The molecule has 2 atom stereocenters. The van der Waals surface area contributed by atoms with E-state index in [0.29, 0.717) is 0 Å². The normalized spacial score (nSPS) is 22.6. The fourth-order valence-electron chi connectivity index (χ4n) is 2.21. The Hall–Kier alpha value is -2.39. The number of thiocarbonyl (C=S) groups is 1. The minimum atomic E-state index is -0.764. The predicted molar refractivity (Wildman–Crippen MR) is 74.4 cm³/mol. The van der Waals surface area contributed by atoms with Gasteiger partial charge in [-0.1, -0.05) is 42.5 Å². The number of hydrogen-bond acceptors (Lipinski definition) is 4. The number of nitrogens with two attached hydrogens (primary N) is 2. The molecule has 1 aliphatic rings. The Morgan fingerprint density at radius 2 is 2.00 bits per heavy atom. The Labute approximate surface area is 115 Å². The summed E-state index contributed by atoms with van der Waals surface area (Å²) in [4.78, 5) is 11.9. The zero-order valence-electron chi connectivity index (χ0n) is 9.96. The molecular formula is C13H12N4OS.